The van der Waals surface area contributed by atoms with Crippen LogP contribution in [0.25, 0.3) is 10.6 Å². The number of esters is 1. The first kappa shape index (κ1) is 23.2. The van der Waals surface area contributed by atoms with Gasteiger partial charge in [-0.05, 0) is 26.3 Å². The number of ether oxygens (including phenoxy) is 2. The number of carbonyl (C=O) groups is 3. The van der Waals surface area contributed by atoms with Crippen molar-refractivity contribution in [2.75, 3.05) is 20.3 Å². The number of hydrogen-bond donors (Lipinski definition) is 3. The van der Waals surface area contributed by atoms with Gasteiger partial charge in [0, 0.05) is 18.4 Å². The van der Waals surface area contributed by atoms with Gasteiger partial charge in [0.25, 0.3) is 11.8 Å². The zero-order chi connectivity index (χ0) is 23.3. The van der Waals surface area contributed by atoms with E-state index in [0.29, 0.717) is 26.8 Å². The molecule has 0 spiro atoms. The maximum Gasteiger partial charge on any atom is 0.340 e. The van der Waals surface area contributed by atoms with E-state index in [1.807, 2.05) is 30.3 Å². The van der Waals surface area contributed by atoms with Gasteiger partial charge >= 0.3 is 5.97 Å². The largest absolute Gasteiger partial charge is 0.460 e. The number of aromatic amines is 1. The first-order valence-electron chi connectivity index (χ1n) is 9.82. The summed E-state index contributed by atoms with van der Waals surface area (Å²) in [4.78, 5) is 45.2. The number of hydrazine groups is 1. The third-order valence-corrected chi connectivity index (χ3v) is 5.91. The SMILES string of the molecule is COCCOC(=O)c1c(C)[nH]c(C(=O)NNC(=O)c2sc(-c3ccccc3)nc2C)c1C. The first-order chi connectivity index (χ1) is 15.3. The molecular formula is C22H24N4O5S. The molecule has 0 aliphatic rings. The Balaban J connectivity index is 1.67. The van der Waals surface area contributed by atoms with Crippen molar-refractivity contribution in [3.05, 3.63) is 63.4 Å². The summed E-state index contributed by atoms with van der Waals surface area (Å²) in [6.45, 7) is 5.42. The lowest BCUT2D eigenvalue weighted by Gasteiger charge is -2.07. The predicted octanol–water partition coefficient (Wildman–Crippen LogP) is 2.94. The fourth-order valence-electron chi connectivity index (χ4n) is 3.12. The van der Waals surface area contributed by atoms with Gasteiger partial charge in [-0.25, -0.2) is 9.78 Å². The highest BCUT2D eigenvalue weighted by atomic mass is 32.1. The Morgan fingerprint density at radius 3 is 2.41 bits per heavy atom. The van der Waals surface area contributed by atoms with Crippen LogP contribution in [0.3, 0.4) is 0 Å². The molecule has 3 N–H and O–H groups in total. The number of nitrogens with zero attached hydrogens (tertiary/aromatic N) is 1. The lowest BCUT2D eigenvalue weighted by atomic mass is 10.1. The van der Waals surface area contributed by atoms with E-state index >= 15 is 0 Å². The molecule has 0 fully saturated rings. The van der Waals surface area contributed by atoms with E-state index in [2.05, 4.69) is 20.8 Å². The lowest BCUT2D eigenvalue weighted by molar-refractivity contribution is 0.0386. The van der Waals surface area contributed by atoms with Gasteiger partial charge in [-0.1, -0.05) is 30.3 Å². The van der Waals surface area contributed by atoms with Gasteiger partial charge in [-0.2, -0.15) is 0 Å². The summed E-state index contributed by atoms with van der Waals surface area (Å²) in [6, 6.07) is 9.52. The Bertz CT molecular complexity index is 1140. The van der Waals surface area contributed by atoms with Crippen molar-refractivity contribution in [3.63, 3.8) is 0 Å². The van der Waals surface area contributed by atoms with Gasteiger partial charge in [-0.15, -0.1) is 11.3 Å². The second-order valence-electron chi connectivity index (χ2n) is 6.96. The molecule has 0 saturated carbocycles. The maximum atomic E-state index is 12.6. The van der Waals surface area contributed by atoms with Crippen LogP contribution < -0.4 is 10.9 Å². The molecule has 0 saturated heterocycles. The molecule has 0 aliphatic carbocycles. The first-order valence-corrected chi connectivity index (χ1v) is 10.6. The van der Waals surface area contributed by atoms with Crippen LogP contribution in [0.15, 0.2) is 30.3 Å². The van der Waals surface area contributed by atoms with Gasteiger partial charge in [0.2, 0.25) is 0 Å². The Hall–Kier alpha value is -3.50. The van der Waals surface area contributed by atoms with E-state index in [1.54, 1.807) is 20.8 Å². The normalized spacial score (nSPS) is 10.6. The smallest absolute Gasteiger partial charge is 0.340 e. The van der Waals surface area contributed by atoms with Crippen LogP contribution in [0.5, 0.6) is 0 Å². The van der Waals surface area contributed by atoms with Crippen molar-refractivity contribution in [1.82, 2.24) is 20.8 Å². The molecule has 3 rings (SSSR count). The highest BCUT2D eigenvalue weighted by Gasteiger charge is 2.24. The third-order valence-electron chi connectivity index (χ3n) is 4.70. The van der Waals surface area contributed by atoms with E-state index in [1.165, 1.54) is 18.4 Å². The highest BCUT2D eigenvalue weighted by molar-refractivity contribution is 7.17. The molecule has 2 amide bonds. The number of benzene rings is 1. The fourth-order valence-corrected chi connectivity index (χ4v) is 4.08. The molecule has 3 aromatic rings. The van der Waals surface area contributed by atoms with Crippen LogP contribution in [0, 0.1) is 20.8 Å². The molecule has 2 heterocycles. The molecular weight excluding hydrogens is 432 g/mol. The summed E-state index contributed by atoms with van der Waals surface area (Å²) in [6.07, 6.45) is 0. The van der Waals surface area contributed by atoms with Crippen molar-refractivity contribution in [1.29, 1.82) is 0 Å². The van der Waals surface area contributed by atoms with Gasteiger partial charge in [0.05, 0.1) is 17.9 Å². The number of aromatic nitrogens is 2. The van der Waals surface area contributed by atoms with Crippen molar-refractivity contribution < 1.29 is 23.9 Å². The lowest BCUT2D eigenvalue weighted by Crippen LogP contribution is -2.42. The summed E-state index contributed by atoms with van der Waals surface area (Å²) in [5.41, 5.74) is 7.63. The maximum absolute atomic E-state index is 12.6. The highest BCUT2D eigenvalue weighted by Crippen LogP contribution is 2.27. The minimum absolute atomic E-state index is 0.107. The molecule has 0 aliphatic heterocycles. The summed E-state index contributed by atoms with van der Waals surface area (Å²) in [5.74, 6) is -1.61. The molecule has 32 heavy (non-hydrogen) atoms. The minimum atomic E-state index is -0.583. The van der Waals surface area contributed by atoms with E-state index in [9.17, 15) is 14.4 Å². The molecule has 0 radical (unpaired) electrons. The van der Waals surface area contributed by atoms with Gasteiger partial charge < -0.3 is 14.5 Å². The number of amides is 2. The quantitative estimate of drug-likeness (QED) is 0.285. The molecule has 0 bridgehead atoms. The number of aryl methyl sites for hydroxylation is 2. The number of thiazole rings is 1. The molecule has 1 aromatic carbocycles. The van der Waals surface area contributed by atoms with Crippen molar-refractivity contribution in [2.45, 2.75) is 20.8 Å². The standard InChI is InChI=1S/C22H24N4O5S/c1-12-16(22(29)31-11-10-30-4)13(2)23-17(12)19(27)25-26-20(28)18-14(3)24-21(32-18)15-8-6-5-7-9-15/h5-9,23H,10-11H2,1-4H3,(H,25,27)(H,26,28). The van der Waals surface area contributed by atoms with Crippen molar-refractivity contribution in [3.8, 4) is 10.6 Å². The molecule has 0 unspecified atom stereocenters. The van der Waals surface area contributed by atoms with Crippen LogP contribution in [0.1, 0.15) is 47.5 Å². The Labute approximate surface area is 189 Å². The summed E-state index contributed by atoms with van der Waals surface area (Å²) >= 11 is 1.24. The topological polar surface area (TPSA) is 122 Å². The Morgan fingerprint density at radius 1 is 1.03 bits per heavy atom. The van der Waals surface area contributed by atoms with Crippen molar-refractivity contribution >= 4 is 29.1 Å². The zero-order valence-corrected chi connectivity index (χ0v) is 19.0. The zero-order valence-electron chi connectivity index (χ0n) is 18.2. The van der Waals surface area contributed by atoms with Gasteiger partial charge in [-0.3, -0.25) is 20.4 Å². The van der Waals surface area contributed by atoms with Crippen molar-refractivity contribution in [2.24, 2.45) is 0 Å². The summed E-state index contributed by atoms with van der Waals surface area (Å²) < 4.78 is 10.0. The average molecular weight is 457 g/mol. The second kappa shape index (κ2) is 10.2. The van der Waals surface area contributed by atoms with Crippen LogP contribution in [-0.4, -0.2) is 48.1 Å². The number of rotatable bonds is 7. The molecule has 10 heteroatoms. The fraction of sp³-hybridized carbons (Fsp3) is 0.273. The summed E-state index contributed by atoms with van der Waals surface area (Å²) in [5, 5.41) is 0.715. The van der Waals surface area contributed by atoms with E-state index in [0.717, 1.165) is 5.56 Å². The molecule has 0 atom stereocenters. The van der Waals surface area contributed by atoms with Crippen LogP contribution >= 0.6 is 11.3 Å². The Kier molecular flexibility index (Phi) is 7.39. The van der Waals surface area contributed by atoms with E-state index in [4.69, 9.17) is 9.47 Å². The van der Waals surface area contributed by atoms with E-state index in [-0.39, 0.29) is 24.5 Å². The number of hydrogen-bond acceptors (Lipinski definition) is 7. The van der Waals surface area contributed by atoms with Gasteiger partial charge in [0.1, 0.15) is 22.2 Å². The average Bonchev–Trinajstić information content (AvgIpc) is 3.31. The predicted molar refractivity (Wildman–Crippen MR) is 120 cm³/mol. The molecule has 168 valence electrons. The van der Waals surface area contributed by atoms with Crippen LogP contribution in [-0.2, 0) is 9.47 Å². The third kappa shape index (κ3) is 5.04. The minimum Gasteiger partial charge on any atom is -0.460 e. The van der Waals surface area contributed by atoms with E-state index < -0.39 is 17.8 Å². The number of nitrogens with one attached hydrogen (secondary N) is 3. The van der Waals surface area contributed by atoms with Crippen LogP contribution in [0.2, 0.25) is 0 Å². The summed E-state index contributed by atoms with van der Waals surface area (Å²) in [7, 11) is 1.51. The Morgan fingerprint density at radius 2 is 1.72 bits per heavy atom. The van der Waals surface area contributed by atoms with Crippen LogP contribution in [0.4, 0.5) is 0 Å². The number of methoxy groups -OCH3 is 1. The molecule has 9 nitrogen and oxygen atoms in total. The van der Waals surface area contributed by atoms with Gasteiger partial charge in [0.15, 0.2) is 0 Å². The monoisotopic (exact) mass is 456 g/mol. The molecule has 2 aromatic heterocycles. The number of H-pyrrole nitrogens is 1. The number of carbonyl (C=O) groups excluding carboxylic acids is 3. The second-order valence-corrected chi connectivity index (χ2v) is 7.96.